The molecule has 20 heavy (non-hydrogen) atoms. The van der Waals surface area contributed by atoms with Crippen LogP contribution in [0.25, 0.3) is 0 Å². The number of hydrogen-bond acceptors (Lipinski definition) is 3. The molecule has 0 saturated heterocycles. The van der Waals surface area contributed by atoms with Gasteiger partial charge in [-0.2, -0.15) is 0 Å². The highest BCUT2D eigenvalue weighted by Crippen LogP contribution is 2.21. The van der Waals surface area contributed by atoms with E-state index in [1.807, 2.05) is 24.3 Å². The summed E-state index contributed by atoms with van der Waals surface area (Å²) in [5.41, 5.74) is 2.31. The van der Waals surface area contributed by atoms with Crippen molar-refractivity contribution in [2.45, 2.75) is 25.8 Å². The van der Waals surface area contributed by atoms with Gasteiger partial charge in [-0.15, -0.1) is 11.6 Å². The summed E-state index contributed by atoms with van der Waals surface area (Å²) in [6, 6.07) is 12.0. The molecule has 1 aromatic carbocycles. The van der Waals surface area contributed by atoms with Gasteiger partial charge in [0.1, 0.15) is 0 Å². The third-order valence-electron chi connectivity index (χ3n) is 2.87. The molecule has 0 aliphatic heterocycles. The normalized spacial score (nSPS) is 10.3. The quantitative estimate of drug-likeness (QED) is 0.775. The van der Waals surface area contributed by atoms with E-state index in [0.29, 0.717) is 19.0 Å². The van der Waals surface area contributed by atoms with Crippen LogP contribution >= 0.6 is 11.6 Å². The number of rotatable bonds is 7. The second-order valence-corrected chi connectivity index (χ2v) is 4.77. The van der Waals surface area contributed by atoms with Gasteiger partial charge in [0, 0.05) is 18.6 Å². The summed E-state index contributed by atoms with van der Waals surface area (Å²) in [7, 11) is 0. The van der Waals surface area contributed by atoms with E-state index in [1.165, 1.54) is 5.56 Å². The number of nitrogens with zero attached hydrogens (tertiary/aromatic N) is 1. The first-order valence-electron chi connectivity index (χ1n) is 6.79. The van der Waals surface area contributed by atoms with Crippen molar-refractivity contribution in [2.75, 3.05) is 11.9 Å². The number of halogens is 1. The van der Waals surface area contributed by atoms with Crippen LogP contribution in [0.15, 0.2) is 42.6 Å². The molecule has 0 amide bonds. The second-order valence-electron chi connectivity index (χ2n) is 4.50. The van der Waals surface area contributed by atoms with Crippen LogP contribution in [0.4, 0.5) is 5.82 Å². The van der Waals surface area contributed by atoms with Crippen LogP contribution in [0.1, 0.15) is 24.5 Å². The number of aromatic nitrogens is 1. The Labute approximate surface area is 124 Å². The fourth-order valence-electron chi connectivity index (χ4n) is 1.78. The second kappa shape index (κ2) is 7.75. The van der Waals surface area contributed by atoms with Gasteiger partial charge in [0.05, 0.1) is 6.61 Å². The van der Waals surface area contributed by atoms with Gasteiger partial charge in [-0.25, -0.2) is 4.98 Å². The fourth-order valence-corrected chi connectivity index (χ4v) is 1.96. The zero-order chi connectivity index (χ0) is 14.2. The van der Waals surface area contributed by atoms with Crippen molar-refractivity contribution in [1.82, 2.24) is 4.98 Å². The average molecular weight is 291 g/mol. The Morgan fingerprint density at radius 3 is 2.60 bits per heavy atom. The summed E-state index contributed by atoms with van der Waals surface area (Å²) in [5, 5.41) is 3.31. The SMILES string of the molecule is CCCOc1cccnc1NCc1ccc(CCl)cc1. The van der Waals surface area contributed by atoms with E-state index in [4.69, 9.17) is 16.3 Å². The summed E-state index contributed by atoms with van der Waals surface area (Å²) in [5.74, 6) is 2.12. The average Bonchev–Trinajstić information content (AvgIpc) is 2.52. The van der Waals surface area contributed by atoms with Gasteiger partial charge in [0.2, 0.25) is 0 Å². The minimum absolute atomic E-state index is 0.545. The predicted molar refractivity (Wildman–Crippen MR) is 83.3 cm³/mol. The lowest BCUT2D eigenvalue weighted by Gasteiger charge is -2.11. The molecule has 0 saturated carbocycles. The maximum Gasteiger partial charge on any atom is 0.169 e. The van der Waals surface area contributed by atoms with Crippen LogP contribution < -0.4 is 10.1 Å². The van der Waals surface area contributed by atoms with Crippen molar-refractivity contribution in [3.8, 4) is 5.75 Å². The molecule has 0 radical (unpaired) electrons. The van der Waals surface area contributed by atoms with Gasteiger partial charge >= 0.3 is 0 Å². The van der Waals surface area contributed by atoms with Crippen LogP contribution in [0, 0.1) is 0 Å². The minimum atomic E-state index is 0.545. The van der Waals surface area contributed by atoms with Crippen molar-refractivity contribution in [2.24, 2.45) is 0 Å². The van der Waals surface area contributed by atoms with E-state index >= 15 is 0 Å². The Kier molecular flexibility index (Phi) is 5.69. The molecule has 0 aliphatic rings. The van der Waals surface area contributed by atoms with E-state index in [1.54, 1.807) is 6.20 Å². The Morgan fingerprint density at radius 1 is 1.15 bits per heavy atom. The molecule has 3 nitrogen and oxygen atoms in total. The Hall–Kier alpha value is -1.74. The molecule has 0 spiro atoms. The number of anilines is 1. The number of alkyl halides is 1. The molecule has 2 rings (SSSR count). The molecular formula is C16H19ClN2O. The molecule has 1 aromatic heterocycles. The van der Waals surface area contributed by atoms with Crippen LogP contribution in [-0.4, -0.2) is 11.6 Å². The molecule has 4 heteroatoms. The topological polar surface area (TPSA) is 34.1 Å². The largest absolute Gasteiger partial charge is 0.490 e. The van der Waals surface area contributed by atoms with E-state index in [9.17, 15) is 0 Å². The third-order valence-corrected chi connectivity index (χ3v) is 3.18. The van der Waals surface area contributed by atoms with Crippen LogP contribution in [0.3, 0.4) is 0 Å². The zero-order valence-corrected chi connectivity index (χ0v) is 12.4. The highest BCUT2D eigenvalue weighted by Gasteiger charge is 2.03. The van der Waals surface area contributed by atoms with Gasteiger partial charge in [-0.3, -0.25) is 0 Å². The van der Waals surface area contributed by atoms with Crippen molar-refractivity contribution >= 4 is 17.4 Å². The van der Waals surface area contributed by atoms with Crippen LogP contribution in [0.5, 0.6) is 5.75 Å². The zero-order valence-electron chi connectivity index (χ0n) is 11.6. The van der Waals surface area contributed by atoms with Crippen molar-refractivity contribution < 1.29 is 4.74 Å². The van der Waals surface area contributed by atoms with Gasteiger partial charge in [0.25, 0.3) is 0 Å². The smallest absolute Gasteiger partial charge is 0.169 e. The Morgan fingerprint density at radius 2 is 1.90 bits per heavy atom. The van der Waals surface area contributed by atoms with E-state index < -0.39 is 0 Å². The van der Waals surface area contributed by atoms with Crippen molar-refractivity contribution in [1.29, 1.82) is 0 Å². The lowest BCUT2D eigenvalue weighted by atomic mass is 10.1. The first-order chi connectivity index (χ1) is 9.83. The van der Waals surface area contributed by atoms with E-state index in [-0.39, 0.29) is 0 Å². The summed E-state index contributed by atoms with van der Waals surface area (Å²) in [6.45, 7) is 3.49. The Bertz CT molecular complexity index is 528. The van der Waals surface area contributed by atoms with Crippen LogP contribution in [-0.2, 0) is 12.4 Å². The first kappa shape index (κ1) is 14.7. The third kappa shape index (κ3) is 4.14. The molecule has 0 aliphatic carbocycles. The molecule has 1 heterocycles. The number of hydrogen-bond donors (Lipinski definition) is 1. The summed E-state index contributed by atoms with van der Waals surface area (Å²) >= 11 is 5.78. The molecule has 106 valence electrons. The lowest BCUT2D eigenvalue weighted by Crippen LogP contribution is -2.05. The standard InChI is InChI=1S/C16H19ClN2O/c1-2-10-20-15-4-3-9-18-16(15)19-12-14-7-5-13(11-17)6-8-14/h3-9H,2,10-12H2,1H3,(H,18,19). The highest BCUT2D eigenvalue weighted by molar-refractivity contribution is 6.17. The van der Waals surface area contributed by atoms with Crippen LogP contribution in [0.2, 0.25) is 0 Å². The first-order valence-corrected chi connectivity index (χ1v) is 7.32. The Balaban J connectivity index is 1.98. The van der Waals surface area contributed by atoms with E-state index in [2.05, 4.69) is 29.4 Å². The van der Waals surface area contributed by atoms with Crippen molar-refractivity contribution in [3.63, 3.8) is 0 Å². The van der Waals surface area contributed by atoms with Gasteiger partial charge in [-0.1, -0.05) is 31.2 Å². The molecule has 1 N–H and O–H groups in total. The van der Waals surface area contributed by atoms with Gasteiger partial charge < -0.3 is 10.1 Å². The fraction of sp³-hybridized carbons (Fsp3) is 0.312. The minimum Gasteiger partial charge on any atom is -0.490 e. The molecule has 0 unspecified atom stereocenters. The van der Waals surface area contributed by atoms with E-state index in [0.717, 1.165) is 23.6 Å². The molecular weight excluding hydrogens is 272 g/mol. The molecule has 2 aromatic rings. The maximum atomic E-state index is 5.78. The number of benzene rings is 1. The lowest BCUT2D eigenvalue weighted by molar-refractivity contribution is 0.318. The highest BCUT2D eigenvalue weighted by atomic mass is 35.5. The number of pyridine rings is 1. The summed E-state index contributed by atoms with van der Waals surface area (Å²) < 4.78 is 5.67. The van der Waals surface area contributed by atoms with Gasteiger partial charge in [0.15, 0.2) is 11.6 Å². The summed E-state index contributed by atoms with van der Waals surface area (Å²) in [6.07, 6.45) is 2.74. The number of nitrogens with one attached hydrogen (secondary N) is 1. The summed E-state index contributed by atoms with van der Waals surface area (Å²) in [4.78, 5) is 4.32. The van der Waals surface area contributed by atoms with Crippen molar-refractivity contribution in [3.05, 3.63) is 53.7 Å². The monoisotopic (exact) mass is 290 g/mol. The molecule has 0 atom stereocenters. The maximum absolute atomic E-state index is 5.78. The van der Waals surface area contributed by atoms with Gasteiger partial charge in [-0.05, 0) is 29.7 Å². The molecule has 0 bridgehead atoms. The number of ether oxygens (including phenoxy) is 1. The predicted octanol–water partition coefficient (Wildman–Crippen LogP) is 4.22. The molecule has 0 fully saturated rings.